The van der Waals surface area contributed by atoms with Crippen molar-refractivity contribution in [3.8, 4) is 0 Å². The molecular weight excluding hydrogens is 412 g/mol. The first kappa shape index (κ1) is 19.9. The van der Waals surface area contributed by atoms with Crippen molar-refractivity contribution < 1.29 is 17.9 Å². The van der Waals surface area contributed by atoms with Crippen LogP contribution in [0.3, 0.4) is 0 Å². The average molecular weight is 433 g/mol. The molecule has 1 aliphatic rings. The van der Waals surface area contributed by atoms with Crippen LogP contribution in [0.5, 0.6) is 0 Å². The van der Waals surface area contributed by atoms with Crippen molar-refractivity contribution in [2.24, 2.45) is 0 Å². The Bertz CT molecular complexity index is 1130. The van der Waals surface area contributed by atoms with Gasteiger partial charge in [0.05, 0.1) is 22.5 Å². The van der Waals surface area contributed by atoms with E-state index in [1.807, 2.05) is 25.3 Å². The number of aromatic nitrogens is 2. The summed E-state index contributed by atoms with van der Waals surface area (Å²) < 4.78 is 32.9. The van der Waals surface area contributed by atoms with E-state index < -0.39 is 10.0 Å². The fourth-order valence-electron chi connectivity index (χ4n) is 3.32. The lowest BCUT2D eigenvalue weighted by Gasteiger charge is -2.34. The van der Waals surface area contributed by atoms with Crippen LogP contribution in [-0.2, 0) is 14.8 Å². The fraction of sp³-hybridized carbons (Fsp3) is 0.316. The molecule has 1 N–H and O–H groups in total. The van der Waals surface area contributed by atoms with Gasteiger partial charge in [-0.1, -0.05) is 0 Å². The Morgan fingerprint density at radius 3 is 2.52 bits per heavy atom. The second-order valence-electron chi connectivity index (χ2n) is 6.92. The molecule has 0 aliphatic carbocycles. The number of hydrogen-bond acceptors (Lipinski definition) is 7. The third kappa shape index (κ3) is 4.01. The number of hydrogen-bond donors (Lipinski definition) is 1. The molecule has 0 saturated carbocycles. The molecule has 0 bridgehead atoms. The topological polar surface area (TPSA) is 101 Å². The first-order valence-corrected chi connectivity index (χ1v) is 11.4. The van der Waals surface area contributed by atoms with Gasteiger partial charge in [-0.25, -0.2) is 18.4 Å². The van der Waals surface area contributed by atoms with Gasteiger partial charge in [0.1, 0.15) is 17.0 Å². The predicted molar refractivity (Wildman–Crippen MR) is 111 cm³/mol. The van der Waals surface area contributed by atoms with Gasteiger partial charge in [-0.2, -0.15) is 4.31 Å². The standard InChI is InChI=1S/C19H20N4O4S2/c1-12-9-23(10-13(2)27-12)29(25,26)15-5-3-14(4-6-15)18(24)22-17-16-7-8-28-19(16)21-11-20-17/h3-8,11-13H,9-10H2,1-2H3,(H,20,21,22,24)/t12-,13-/m1/s1. The van der Waals surface area contributed by atoms with Crippen LogP contribution in [0.1, 0.15) is 24.2 Å². The van der Waals surface area contributed by atoms with Crippen LogP contribution in [0.25, 0.3) is 10.2 Å². The van der Waals surface area contributed by atoms with Crippen molar-refractivity contribution in [3.05, 3.63) is 47.6 Å². The summed E-state index contributed by atoms with van der Waals surface area (Å²) in [7, 11) is -3.65. The van der Waals surface area contributed by atoms with Crippen LogP contribution in [0, 0.1) is 0 Å². The predicted octanol–water partition coefficient (Wildman–Crippen LogP) is 2.74. The first-order chi connectivity index (χ1) is 13.8. The third-order valence-electron chi connectivity index (χ3n) is 4.63. The molecule has 1 saturated heterocycles. The van der Waals surface area contributed by atoms with Crippen LogP contribution >= 0.6 is 11.3 Å². The zero-order valence-corrected chi connectivity index (χ0v) is 17.5. The van der Waals surface area contributed by atoms with Crippen LogP contribution in [-0.4, -0.2) is 53.9 Å². The molecule has 29 heavy (non-hydrogen) atoms. The molecule has 3 heterocycles. The zero-order valence-electron chi connectivity index (χ0n) is 15.9. The molecule has 1 amide bonds. The maximum Gasteiger partial charge on any atom is 0.256 e. The molecule has 0 unspecified atom stereocenters. The Balaban J connectivity index is 1.53. The van der Waals surface area contributed by atoms with Crippen molar-refractivity contribution in [2.45, 2.75) is 31.0 Å². The highest BCUT2D eigenvalue weighted by Crippen LogP contribution is 2.25. The molecule has 0 spiro atoms. The maximum absolute atomic E-state index is 12.9. The summed E-state index contributed by atoms with van der Waals surface area (Å²) in [6.45, 7) is 4.31. The highest BCUT2D eigenvalue weighted by atomic mass is 32.2. The van der Waals surface area contributed by atoms with Crippen LogP contribution in [0.2, 0.25) is 0 Å². The van der Waals surface area contributed by atoms with Gasteiger partial charge in [-0.3, -0.25) is 4.79 Å². The van der Waals surface area contributed by atoms with E-state index in [4.69, 9.17) is 4.74 Å². The van der Waals surface area contributed by atoms with Crippen LogP contribution < -0.4 is 5.32 Å². The lowest BCUT2D eigenvalue weighted by molar-refractivity contribution is -0.0440. The van der Waals surface area contributed by atoms with E-state index in [9.17, 15) is 13.2 Å². The summed E-state index contributed by atoms with van der Waals surface area (Å²) in [5.74, 6) is 0.0583. The normalized spacial score (nSPS) is 20.6. The van der Waals surface area contributed by atoms with Crippen LogP contribution in [0.15, 0.2) is 46.9 Å². The van der Waals surface area contributed by atoms with E-state index >= 15 is 0 Å². The van der Waals surface area contributed by atoms with Gasteiger partial charge in [0.15, 0.2) is 0 Å². The monoisotopic (exact) mass is 432 g/mol. The number of anilines is 1. The lowest BCUT2D eigenvalue weighted by atomic mass is 10.2. The molecular formula is C19H20N4O4S2. The van der Waals surface area contributed by atoms with Gasteiger partial charge in [0.25, 0.3) is 5.91 Å². The second-order valence-corrected chi connectivity index (χ2v) is 9.75. The van der Waals surface area contributed by atoms with Crippen molar-refractivity contribution in [1.29, 1.82) is 0 Å². The summed E-state index contributed by atoms with van der Waals surface area (Å²) in [5.41, 5.74) is 0.342. The molecule has 8 nitrogen and oxygen atoms in total. The molecule has 152 valence electrons. The summed E-state index contributed by atoms with van der Waals surface area (Å²) in [5, 5.41) is 5.40. The minimum Gasteiger partial charge on any atom is -0.373 e. The number of carbonyl (C=O) groups is 1. The summed E-state index contributed by atoms with van der Waals surface area (Å²) in [6.07, 6.45) is 1.06. The first-order valence-electron chi connectivity index (χ1n) is 9.10. The number of nitrogens with zero attached hydrogens (tertiary/aromatic N) is 3. The Morgan fingerprint density at radius 2 is 1.83 bits per heavy atom. The van der Waals surface area contributed by atoms with Crippen molar-refractivity contribution in [1.82, 2.24) is 14.3 Å². The molecule has 1 aliphatic heterocycles. The van der Waals surface area contributed by atoms with Crippen LogP contribution in [0.4, 0.5) is 5.82 Å². The highest BCUT2D eigenvalue weighted by Gasteiger charge is 2.32. The Kier molecular flexibility index (Phi) is 5.34. The van der Waals surface area contributed by atoms with Gasteiger partial charge in [-0.15, -0.1) is 11.3 Å². The molecule has 10 heteroatoms. The molecule has 0 radical (unpaired) electrons. The summed E-state index contributed by atoms with van der Waals surface area (Å²) >= 11 is 1.46. The number of amides is 1. The molecule has 4 rings (SSSR count). The third-order valence-corrected chi connectivity index (χ3v) is 7.30. The number of fused-ring (bicyclic) bond motifs is 1. The fourth-order valence-corrected chi connectivity index (χ4v) is 5.65. The number of morpholine rings is 1. The smallest absolute Gasteiger partial charge is 0.256 e. The summed E-state index contributed by atoms with van der Waals surface area (Å²) in [4.78, 5) is 21.8. The van der Waals surface area contributed by atoms with Crippen molar-refractivity contribution in [3.63, 3.8) is 0 Å². The summed E-state index contributed by atoms with van der Waals surface area (Å²) in [6, 6.07) is 7.75. The number of benzene rings is 1. The van der Waals surface area contributed by atoms with Gasteiger partial charge in [0.2, 0.25) is 10.0 Å². The quantitative estimate of drug-likeness (QED) is 0.680. The molecule has 1 fully saturated rings. The van der Waals surface area contributed by atoms with E-state index in [0.717, 1.165) is 10.2 Å². The number of rotatable bonds is 4. The number of thiophene rings is 1. The van der Waals surface area contributed by atoms with Crippen molar-refractivity contribution in [2.75, 3.05) is 18.4 Å². The van der Waals surface area contributed by atoms with E-state index in [1.54, 1.807) is 0 Å². The zero-order chi connectivity index (χ0) is 20.6. The molecule has 1 aromatic carbocycles. The maximum atomic E-state index is 12.9. The molecule has 2 atom stereocenters. The minimum absolute atomic E-state index is 0.151. The second kappa shape index (κ2) is 7.79. The average Bonchev–Trinajstić information content (AvgIpc) is 3.17. The lowest BCUT2D eigenvalue weighted by Crippen LogP contribution is -2.48. The van der Waals surface area contributed by atoms with E-state index in [2.05, 4.69) is 15.3 Å². The van der Waals surface area contributed by atoms with Gasteiger partial charge < -0.3 is 10.1 Å². The number of ether oxygens (including phenoxy) is 1. The van der Waals surface area contributed by atoms with E-state index in [0.29, 0.717) is 24.5 Å². The van der Waals surface area contributed by atoms with Gasteiger partial charge >= 0.3 is 0 Å². The SMILES string of the molecule is C[C@@H]1CN(S(=O)(=O)c2ccc(C(=O)Nc3ncnc4sccc34)cc2)C[C@@H](C)O1. The van der Waals surface area contributed by atoms with Crippen molar-refractivity contribution >= 4 is 43.3 Å². The number of carbonyl (C=O) groups excluding carboxylic acids is 1. The highest BCUT2D eigenvalue weighted by molar-refractivity contribution is 7.89. The Morgan fingerprint density at radius 1 is 1.14 bits per heavy atom. The molecule has 2 aromatic heterocycles. The number of sulfonamides is 1. The van der Waals surface area contributed by atoms with Gasteiger partial charge in [-0.05, 0) is 49.6 Å². The molecule has 3 aromatic rings. The van der Waals surface area contributed by atoms with E-state index in [1.165, 1.54) is 46.2 Å². The Labute approximate surface area is 172 Å². The largest absolute Gasteiger partial charge is 0.373 e. The van der Waals surface area contributed by atoms with E-state index in [-0.39, 0.29) is 23.0 Å². The minimum atomic E-state index is -3.65. The number of nitrogens with one attached hydrogen (secondary N) is 1. The van der Waals surface area contributed by atoms with Gasteiger partial charge in [0, 0.05) is 18.7 Å². The Hall–Kier alpha value is -2.40.